The van der Waals surface area contributed by atoms with E-state index in [2.05, 4.69) is 9.97 Å². The number of benzene rings is 2. The maximum absolute atomic E-state index is 13.4. The molecule has 0 aliphatic carbocycles. The van der Waals surface area contributed by atoms with Crippen LogP contribution in [0.1, 0.15) is 52.0 Å². The molecule has 8 heteroatoms. The number of hydrogen-bond acceptors (Lipinski definition) is 7. The summed E-state index contributed by atoms with van der Waals surface area (Å²) in [4.78, 5) is 36.8. The molecule has 2 aromatic carbocycles. The van der Waals surface area contributed by atoms with Gasteiger partial charge >= 0.3 is 5.97 Å². The smallest absolute Gasteiger partial charge is 0.356 e. The topological polar surface area (TPSA) is 81.6 Å². The zero-order valence-electron chi connectivity index (χ0n) is 19.0. The largest absolute Gasteiger partial charge is 0.486 e. The highest BCUT2D eigenvalue weighted by atomic mass is 32.1. The first-order valence-electron chi connectivity index (χ1n) is 11.5. The SMILES string of the molecule is CCOC(=O)c1cc(C(=O)N2CCCCC2)c2cc(OCc3nc4ccccc4s3)ccc2n1. The Labute approximate surface area is 201 Å². The molecular weight excluding hydrogens is 450 g/mol. The maximum Gasteiger partial charge on any atom is 0.356 e. The fraction of sp³-hybridized carbons (Fsp3) is 0.308. The van der Waals surface area contributed by atoms with E-state index in [1.807, 2.05) is 35.2 Å². The summed E-state index contributed by atoms with van der Waals surface area (Å²) in [5.41, 5.74) is 2.09. The van der Waals surface area contributed by atoms with Gasteiger partial charge in [-0.05, 0) is 62.6 Å². The molecule has 0 atom stereocenters. The fourth-order valence-electron chi connectivity index (χ4n) is 4.18. The minimum atomic E-state index is -0.534. The Hall–Kier alpha value is -3.52. The van der Waals surface area contributed by atoms with Crippen LogP contribution in [0, 0.1) is 0 Å². The van der Waals surface area contributed by atoms with E-state index in [-0.39, 0.29) is 18.2 Å². The summed E-state index contributed by atoms with van der Waals surface area (Å²) in [6.45, 7) is 3.74. The predicted molar refractivity (Wildman–Crippen MR) is 131 cm³/mol. The highest BCUT2D eigenvalue weighted by Gasteiger charge is 2.23. The van der Waals surface area contributed by atoms with Gasteiger partial charge in [-0.15, -0.1) is 11.3 Å². The Kier molecular flexibility index (Phi) is 6.40. The van der Waals surface area contributed by atoms with Crippen molar-refractivity contribution >= 4 is 44.3 Å². The lowest BCUT2D eigenvalue weighted by atomic mass is 10.0. The summed E-state index contributed by atoms with van der Waals surface area (Å²) < 4.78 is 12.3. The van der Waals surface area contributed by atoms with Crippen LogP contribution in [0.2, 0.25) is 0 Å². The van der Waals surface area contributed by atoms with Gasteiger partial charge in [0.25, 0.3) is 5.91 Å². The van der Waals surface area contributed by atoms with Crippen LogP contribution in [-0.4, -0.2) is 46.4 Å². The van der Waals surface area contributed by atoms with Crippen molar-refractivity contribution in [3.63, 3.8) is 0 Å². The van der Waals surface area contributed by atoms with Crippen LogP contribution >= 0.6 is 11.3 Å². The first kappa shape index (κ1) is 22.3. The number of nitrogens with zero attached hydrogens (tertiary/aromatic N) is 3. The van der Waals surface area contributed by atoms with Gasteiger partial charge in [-0.3, -0.25) is 4.79 Å². The molecule has 2 aromatic heterocycles. The van der Waals surface area contributed by atoms with Crippen molar-refractivity contribution < 1.29 is 19.1 Å². The molecule has 0 N–H and O–H groups in total. The van der Waals surface area contributed by atoms with Crippen molar-refractivity contribution in [1.29, 1.82) is 0 Å². The number of ether oxygens (including phenoxy) is 2. The lowest BCUT2D eigenvalue weighted by Crippen LogP contribution is -2.35. The molecule has 1 aliphatic rings. The summed E-state index contributed by atoms with van der Waals surface area (Å²) >= 11 is 1.60. The number of rotatable bonds is 6. The van der Waals surface area contributed by atoms with Crippen molar-refractivity contribution in [2.45, 2.75) is 32.8 Å². The van der Waals surface area contributed by atoms with Crippen molar-refractivity contribution in [2.24, 2.45) is 0 Å². The number of aromatic nitrogens is 2. The van der Waals surface area contributed by atoms with E-state index in [1.54, 1.807) is 36.5 Å². The number of thiazole rings is 1. The molecule has 0 saturated carbocycles. The second kappa shape index (κ2) is 9.77. The Morgan fingerprint density at radius 3 is 2.62 bits per heavy atom. The van der Waals surface area contributed by atoms with Crippen molar-refractivity contribution in [2.75, 3.05) is 19.7 Å². The monoisotopic (exact) mass is 475 g/mol. The zero-order valence-corrected chi connectivity index (χ0v) is 19.8. The summed E-state index contributed by atoms with van der Waals surface area (Å²) in [7, 11) is 0. The van der Waals surface area contributed by atoms with E-state index in [4.69, 9.17) is 9.47 Å². The molecule has 0 bridgehead atoms. The number of fused-ring (bicyclic) bond motifs is 2. The first-order valence-corrected chi connectivity index (χ1v) is 12.3. The number of pyridine rings is 1. The average molecular weight is 476 g/mol. The Balaban J connectivity index is 1.47. The third-order valence-electron chi connectivity index (χ3n) is 5.84. The van der Waals surface area contributed by atoms with Gasteiger partial charge in [0.1, 0.15) is 23.1 Å². The number of hydrogen-bond donors (Lipinski definition) is 0. The molecule has 1 aliphatic heterocycles. The summed E-state index contributed by atoms with van der Waals surface area (Å²) in [6.07, 6.45) is 3.09. The fourth-order valence-corrected chi connectivity index (χ4v) is 5.06. The second-order valence-electron chi connectivity index (χ2n) is 8.17. The van der Waals surface area contributed by atoms with Crippen LogP contribution in [-0.2, 0) is 11.3 Å². The number of carbonyl (C=O) groups is 2. The number of para-hydroxylation sites is 1. The molecule has 174 valence electrons. The summed E-state index contributed by atoms with van der Waals surface area (Å²) in [5, 5.41) is 1.53. The van der Waals surface area contributed by atoms with E-state index in [0.29, 0.717) is 41.9 Å². The van der Waals surface area contributed by atoms with Gasteiger partial charge in [-0.1, -0.05) is 12.1 Å². The molecule has 4 aromatic rings. The van der Waals surface area contributed by atoms with Gasteiger partial charge in [0.05, 0.1) is 27.9 Å². The van der Waals surface area contributed by atoms with Crippen LogP contribution in [0.5, 0.6) is 5.75 Å². The number of carbonyl (C=O) groups excluding carboxylic acids is 2. The maximum atomic E-state index is 13.4. The third kappa shape index (κ3) is 4.59. The normalized spacial score (nSPS) is 13.9. The van der Waals surface area contributed by atoms with Gasteiger partial charge in [-0.25, -0.2) is 14.8 Å². The van der Waals surface area contributed by atoms with Crippen molar-refractivity contribution in [1.82, 2.24) is 14.9 Å². The molecular formula is C26H25N3O4S. The first-order chi connectivity index (χ1) is 16.6. The summed E-state index contributed by atoms with van der Waals surface area (Å²) in [6, 6.07) is 14.9. The lowest BCUT2D eigenvalue weighted by Gasteiger charge is -2.27. The zero-order chi connectivity index (χ0) is 23.5. The van der Waals surface area contributed by atoms with Gasteiger partial charge in [0.15, 0.2) is 0 Å². The highest BCUT2D eigenvalue weighted by Crippen LogP contribution is 2.28. The van der Waals surface area contributed by atoms with E-state index < -0.39 is 5.97 Å². The molecule has 3 heterocycles. The molecule has 1 saturated heterocycles. The van der Waals surface area contributed by atoms with Crippen LogP contribution in [0.3, 0.4) is 0 Å². The molecule has 1 fully saturated rings. The average Bonchev–Trinajstić information content (AvgIpc) is 3.30. The number of amides is 1. The Morgan fingerprint density at radius 1 is 1.00 bits per heavy atom. The minimum Gasteiger partial charge on any atom is -0.486 e. The number of piperidine rings is 1. The van der Waals surface area contributed by atoms with Crippen molar-refractivity contribution in [3.05, 3.63) is 64.8 Å². The second-order valence-corrected chi connectivity index (χ2v) is 9.29. The molecule has 7 nitrogen and oxygen atoms in total. The third-order valence-corrected chi connectivity index (χ3v) is 6.85. The predicted octanol–water partition coefficient (Wildman–Crippen LogP) is 5.23. The lowest BCUT2D eigenvalue weighted by molar-refractivity contribution is 0.0520. The van der Waals surface area contributed by atoms with E-state index in [9.17, 15) is 9.59 Å². The van der Waals surface area contributed by atoms with E-state index >= 15 is 0 Å². The molecule has 0 unspecified atom stereocenters. The van der Waals surface area contributed by atoms with Crippen LogP contribution in [0.15, 0.2) is 48.5 Å². The highest BCUT2D eigenvalue weighted by molar-refractivity contribution is 7.18. The van der Waals surface area contributed by atoms with E-state index in [1.165, 1.54) is 0 Å². The molecule has 34 heavy (non-hydrogen) atoms. The van der Waals surface area contributed by atoms with Gasteiger partial charge in [0, 0.05) is 18.5 Å². The van der Waals surface area contributed by atoms with Gasteiger partial charge < -0.3 is 14.4 Å². The molecule has 0 radical (unpaired) electrons. The Morgan fingerprint density at radius 2 is 1.82 bits per heavy atom. The number of esters is 1. The standard InChI is InChI=1S/C26H25N3O4S/c1-2-32-26(31)22-15-19(25(30)29-12-6-3-7-13-29)18-14-17(10-11-20(18)27-22)33-16-24-28-21-8-4-5-9-23(21)34-24/h4-5,8-11,14-15H,2-3,6-7,12-13,16H2,1H3. The quantitative estimate of drug-likeness (QED) is 0.355. The Bertz CT molecular complexity index is 1330. The molecule has 0 spiro atoms. The summed E-state index contributed by atoms with van der Waals surface area (Å²) in [5.74, 6) is -0.0145. The molecule has 5 rings (SSSR count). The van der Waals surface area contributed by atoms with Gasteiger partial charge in [-0.2, -0.15) is 0 Å². The van der Waals surface area contributed by atoms with Crippen molar-refractivity contribution in [3.8, 4) is 5.75 Å². The van der Waals surface area contributed by atoms with E-state index in [0.717, 1.165) is 34.5 Å². The van der Waals surface area contributed by atoms with Crippen LogP contribution in [0.25, 0.3) is 21.1 Å². The van der Waals surface area contributed by atoms with Gasteiger partial charge in [0.2, 0.25) is 0 Å². The van der Waals surface area contributed by atoms with Crippen LogP contribution < -0.4 is 4.74 Å². The molecule has 1 amide bonds. The number of likely N-dealkylation sites (tertiary alicyclic amines) is 1. The minimum absolute atomic E-state index is 0.0963. The van der Waals surface area contributed by atoms with Crippen LogP contribution in [0.4, 0.5) is 0 Å².